The fourth-order valence-corrected chi connectivity index (χ4v) is 18.1. The molecule has 0 atom stereocenters. The molecule has 6 nitrogen and oxygen atoms in total. The highest BCUT2D eigenvalue weighted by Crippen LogP contribution is 2.51. The lowest BCUT2D eigenvalue weighted by atomic mass is 9.29. The smallest absolute Gasteiger partial charge is 0.252 e. The van der Waals surface area contributed by atoms with Crippen LogP contribution in [0.4, 0.5) is 85.3 Å². The molecule has 0 saturated heterocycles. The lowest BCUT2D eigenvalue weighted by Gasteiger charge is -2.47. The van der Waals surface area contributed by atoms with E-state index in [1.807, 2.05) is 23.9 Å². The number of nitrogens with zero attached hydrogens (tertiary/aromatic N) is 5. The molecule has 480 valence electrons. The van der Waals surface area contributed by atoms with Gasteiger partial charge in [0.05, 0.1) is 11.4 Å². The standard InChI is InChI=1S/C85H89B3N6S2/c1-49-37-67-78-76(41-49)94(96-20)72-48-70-63(87-61-43-55(84(13,14)15)27-35-68(61)90(57-29-21-52(22-30-57)81(4,5)6)73-38-50(2)39-74(79(73)87)92(70)59-33-25-54(26-34-59)83(10,11)12)46-65(72)86(78)60-45-64-71(47-66(60)89-67)93(95-19)77-42-51(3)40-75-80(77)88(64)62-44-56(85(16,17)18)28-36-69(62)91(75)58-31-23-53(24-32-58)82(7,8)9/h21-48,89H,1-20H3. The molecule has 96 heavy (non-hydrogen) atoms. The van der Waals surface area contributed by atoms with Crippen molar-refractivity contribution in [1.82, 2.24) is 0 Å². The second kappa shape index (κ2) is 21.4. The number of hydrogen-bond donors (Lipinski definition) is 1. The third kappa shape index (κ3) is 9.60. The van der Waals surface area contributed by atoms with Gasteiger partial charge >= 0.3 is 0 Å². The molecule has 0 amide bonds. The molecular weight excluding hydrogens is 1200 g/mol. The summed E-state index contributed by atoms with van der Waals surface area (Å²) in [7, 11) is 0. The van der Waals surface area contributed by atoms with Crippen molar-refractivity contribution in [3.05, 3.63) is 214 Å². The molecular formula is C85H89B3N6S2. The highest BCUT2D eigenvalue weighted by atomic mass is 32.2. The maximum absolute atomic E-state index is 4.21. The van der Waals surface area contributed by atoms with E-state index in [9.17, 15) is 0 Å². The van der Waals surface area contributed by atoms with E-state index < -0.39 is 0 Å². The number of benzene rings is 10. The molecule has 16 rings (SSSR count). The van der Waals surface area contributed by atoms with Crippen LogP contribution in [0.15, 0.2) is 170 Å². The average molecular weight is 1290 g/mol. The summed E-state index contributed by atoms with van der Waals surface area (Å²) in [6.07, 6.45) is 4.53. The van der Waals surface area contributed by atoms with Crippen LogP contribution < -0.4 is 77.8 Å². The van der Waals surface area contributed by atoms with Crippen LogP contribution in [0, 0.1) is 20.8 Å². The SMILES string of the molecule is CSN1c2cc3c(cc2B2c4cc5c(cc4Nc4cc(C)cc1c42)N(SC)c1cc(C)cc2c1B5c1cc(C(C)(C)C)ccc1N2c1ccc(C(C)(C)C)cc1)B1c2cc(C(C)(C)C)ccc2N(c2ccc(C(C)(C)C)cc2)c2cc(C)cc(c21)N3c1ccc(C(C)(C)C)cc1. The van der Waals surface area contributed by atoms with Gasteiger partial charge in [0.2, 0.25) is 0 Å². The Balaban J connectivity index is 0.972. The van der Waals surface area contributed by atoms with Gasteiger partial charge in [0.15, 0.2) is 0 Å². The Morgan fingerprint density at radius 3 is 0.990 bits per heavy atom. The maximum Gasteiger partial charge on any atom is 0.252 e. The number of fused-ring (bicyclic) bond motifs is 12. The first kappa shape index (κ1) is 62.7. The molecule has 0 fully saturated rings. The van der Waals surface area contributed by atoms with Gasteiger partial charge in [0, 0.05) is 86.4 Å². The Kier molecular flexibility index (Phi) is 14.0. The zero-order chi connectivity index (χ0) is 67.5. The molecule has 1 N–H and O–H groups in total. The molecule has 10 aromatic carbocycles. The summed E-state index contributed by atoms with van der Waals surface area (Å²) >= 11 is 3.63. The molecule has 0 spiro atoms. The van der Waals surface area contributed by atoms with Crippen LogP contribution in [0.1, 0.15) is 148 Å². The Morgan fingerprint density at radius 1 is 0.271 bits per heavy atom. The first-order valence-corrected chi connectivity index (χ1v) is 37.0. The second-order valence-electron chi connectivity index (χ2n) is 33.5. The highest BCUT2D eigenvalue weighted by Gasteiger charge is 2.50. The minimum Gasteiger partial charge on any atom is -0.356 e. The molecule has 11 heteroatoms. The fraction of sp³-hybridized carbons (Fsp3) is 0.294. The lowest BCUT2D eigenvalue weighted by Crippen LogP contribution is -2.66. The van der Waals surface area contributed by atoms with Crippen molar-refractivity contribution < 1.29 is 0 Å². The van der Waals surface area contributed by atoms with E-state index in [1.54, 1.807) is 0 Å². The van der Waals surface area contributed by atoms with Gasteiger partial charge in [-0.1, -0.05) is 177 Å². The van der Waals surface area contributed by atoms with E-state index in [4.69, 9.17) is 0 Å². The maximum atomic E-state index is 4.21. The summed E-state index contributed by atoms with van der Waals surface area (Å²) in [6.45, 7) is 41.6. The van der Waals surface area contributed by atoms with Gasteiger partial charge in [0.25, 0.3) is 20.1 Å². The summed E-state index contributed by atoms with van der Waals surface area (Å²) in [4.78, 5) is 7.80. The quantitative estimate of drug-likeness (QED) is 0.135. The summed E-state index contributed by atoms with van der Waals surface area (Å²) in [5, 5.41) is 4.21. The largest absolute Gasteiger partial charge is 0.356 e. The van der Waals surface area contributed by atoms with Crippen molar-refractivity contribution in [3.8, 4) is 0 Å². The third-order valence-electron chi connectivity index (χ3n) is 21.7. The molecule has 0 aliphatic carbocycles. The molecule has 6 aliphatic heterocycles. The number of rotatable bonds is 5. The second-order valence-corrected chi connectivity index (χ2v) is 34.9. The van der Waals surface area contributed by atoms with Crippen LogP contribution in [0.5, 0.6) is 0 Å². The Labute approximate surface area is 581 Å². The van der Waals surface area contributed by atoms with Crippen LogP contribution in [-0.4, -0.2) is 32.6 Å². The zero-order valence-electron chi connectivity index (χ0n) is 60.0. The highest BCUT2D eigenvalue weighted by molar-refractivity contribution is 8.00. The van der Waals surface area contributed by atoms with Crippen molar-refractivity contribution in [3.63, 3.8) is 0 Å². The summed E-state index contributed by atoms with van der Waals surface area (Å²) < 4.78 is 5.11. The molecule has 0 saturated carbocycles. The van der Waals surface area contributed by atoms with Gasteiger partial charge in [-0.15, -0.1) is 0 Å². The summed E-state index contributed by atoms with van der Waals surface area (Å²) in [5.41, 5.74) is 40.5. The van der Waals surface area contributed by atoms with Gasteiger partial charge in [0.1, 0.15) is 0 Å². The number of nitrogens with one attached hydrogen (secondary N) is 1. The number of anilines is 15. The van der Waals surface area contributed by atoms with Crippen LogP contribution in [-0.2, 0) is 27.1 Å². The number of hydrogen-bond acceptors (Lipinski definition) is 8. The summed E-state index contributed by atoms with van der Waals surface area (Å²) in [6, 6.07) is 68.4. The van der Waals surface area contributed by atoms with Gasteiger partial charge in [-0.3, -0.25) is 8.61 Å². The minimum absolute atomic E-state index is 0.0104. The van der Waals surface area contributed by atoms with Gasteiger partial charge < -0.3 is 20.0 Å². The fourth-order valence-electron chi connectivity index (χ4n) is 16.7. The normalized spacial score (nSPS) is 14.9. The molecule has 6 heterocycles. The van der Waals surface area contributed by atoms with E-state index in [0.29, 0.717) is 0 Å². The molecule has 0 aromatic heterocycles. The Bertz CT molecular complexity index is 4920. The zero-order valence-corrected chi connectivity index (χ0v) is 61.6. The average Bonchev–Trinajstić information content (AvgIpc) is 0.692. The van der Waals surface area contributed by atoms with Crippen molar-refractivity contribution in [2.45, 2.75) is 152 Å². The Hall–Kier alpha value is -8.11. The van der Waals surface area contributed by atoms with E-state index in [2.05, 4.69) is 336 Å². The summed E-state index contributed by atoms with van der Waals surface area (Å²) in [5.74, 6) is 0. The predicted molar refractivity (Wildman–Crippen MR) is 426 cm³/mol. The van der Waals surface area contributed by atoms with Crippen LogP contribution in [0.25, 0.3) is 0 Å². The molecule has 6 aliphatic rings. The van der Waals surface area contributed by atoms with E-state index in [0.717, 1.165) is 11.4 Å². The lowest BCUT2D eigenvalue weighted by molar-refractivity contribution is 0.590. The van der Waals surface area contributed by atoms with E-state index in [1.165, 1.54) is 168 Å². The first-order valence-electron chi connectivity index (χ1n) is 34.7. The van der Waals surface area contributed by atoms with Crippen LogP contribution in [0.2, 0.25) is 0 Å². The monoisotopic (exact) mass is 1290 g/mol. The minimum atomic E-state index is -0.107. The third-order valence-corrected chi connectivity index (χ3v) is 23.2. The Morgan fingerprint density at radius 2 is 0.583 bits per heavy atom. The topological polar surface area (TPSA) is 28.2 Å². The van der Waals surface area contributed by atoms with Crippen molar-refractivity contribution in [2.75, 3.05) is 41.1 Å². The molecule has 0 radical (unpaired) electrons. The van der Waals surface area contributed by atoms with Gasteiger partial charge in [-0.05, 0) is 262 Å². The molecule has 0 unspecified atom stereocenters. The van der Waals surface area contributed by atoms with Gasteiger partial charge in [-0.25, -0.2) is 0 Å². The van der Waals surface area contributed by atoms with Crippen molar-refractivity contribution in [1.29, 1.82) is 0 Å². The van der Waals surface area contributed by atoms with Crippen LogP contribution >= 0.6 is 23.9 Å². The molecule has 10 aromatic rings. The molecule has 0 bridgehead atoms. The first-order chi connectivity index (χ1) is 45.4. The van der Waals surface area contributed by atoms with Gasteiger partial charge in [-0.2, -0.15) is 0 Å². The predicted octanol–water partition coefficient (Wildman–Crippen LogP) is 17.5. The van der Waals surface area contributed by atoms with Crippen molar-refractivity contribution in [2.24, 2.45) is 0 Å². The van der Waals surface area contributed by atoms with E-state index >= 15 is 0 Å². The van der Waals surface area contributed by atoms with Crippen LogP contribution in [0.3, 0.4) is 0 Å². The number of aryl methyl sites for hydroxylation is 3. The van der Waals surface area contributed by atoms with E-state index in [-0.39, 0.29) is 47.2 Å². The van der Waals surface area contributed by atoms with Crippen molar-refractivity contribution >= 4 is 179 Å².